The molecule has 0 spiro atoms. The summed E-state index contributed by atoms with van der Waals surface area (Å²) in [5.41, 5.74) is 4.24. The highest BCUT2D eigenvalue weighted by Gasteiger charge is 2.23. The number of para-hydroxylation sites is 3. The first-order valence-corrected chi connectivity index (χ1v) is 11.8. The van der Waals surface area contributed by atoms with E-state index in [1.807, 2.05) is 48.2 Å². The summed E-state index contributed by atoms with van der Waals surface area (Å²) in [6.07, 6.45) is 6.31. The normalized spacial score (nSPS) is 13.2. The van der Waals surface area contributed by atoms with Gasteiger partial charge in [0.2, 0.25) is 11.8 Å². The highest BCUT2D eigenvalue weighted by molar-refractivity contribution is 5.95. The van der Waals surface area contributed by atoms with Crippen LogP contribution in [0.15, 0.2) is 48.5 Å². The quantitative estimate of drug-likeness (QED) is 0.514. The highest BCUT2D eigenvalue weighted by Crippen LogP contribution is 2.27. The van der Waals surface area contributed by atoms with Crippen LogP contribution in [-0.2, 0) is 29.0 Å². The zero-order valence-corrected chi connectivity index (χ0v) is 18.8. The van der Waals surface area contributed by atoms with Gasteiger partial charge >= 0.3 is 0 Å². The number of hydrogen-bond acceptors (Lipinski definition) is 3. The molecule has 2 amide bonds. The maximum absolute atomic E-state index is 13.4. The molecule has 0 saturated carbocycles. The number of anilines is 1. The van der Waals surface area contributed by atoms with Crippen LogP contribution >= 0.6 is 0 Å². The predicted molar refractivity (Wildman–Crippen MR) is 128 cm³/mol. The second kappa shape index (κ2) is 10.4. The van der Waals surface area contributed by atoms with Crippen LogP contribution in [0.4, 0.5) is 5.69 Å². The van der Waals surface area contributed by atoms with Crippen molar-refractivity contribution in [2.45, 2.75) is 58.4 Å². The molecule has 6 heteroatoms. The fourth-order valence-corrected chi connectivity index (χ4v) is 4.44. The van der Waals surface area contributed by atoms with Crippen LogP contribution in [0.25, 0.3) is 11.0 Å². The minimum absolute atomic E-state index is 0.101. The smallest absolute Gasteiger partial charge is 0.246 e. The van der Waals surface area contributed by atoms with Crippen LogP contribution in [0.5, 0.6) is 0 Å². The van der Waals surface area contributed by atoms with E-state index in [1.165, 1.54) is 5.56 Å². The molecular formula is C26H32N4O2. The zero-order chi connectivity index (χ0) is 22.3. The minimum Gasteiger partial charge on any atom is -0.356 e. The Morgan fingerprint density at radius 1 is 1.03 bits per heavy atom. The summed E-state index contributed by atoms with van der Waals surface area (Å²) in [7, 11) is 0. The molecule has 0 radical (unpaired) electrons. The SMILES string of the molecule is CCC(=O)NCCCCCc1nc2ccccc2n1CC(=O)N1CCCc2ccccc21. The molecule has 2 heterocycles. The van der Waals surface area contributed by atoms with Gasteiger partial charge in [-0.15, -0.1) is 0 Å². The Labute approximate surface area is 189 Å². The molecule has 2 aromatic carbocycles. The number of aryl methyl sites for hydroxylation is 2. The second-order valence-corrected chi connectivity index (χ2v) is 8.39. The average molecular weight is 433 g/mol. The summed E-state index contributed by atoms with van der Waals surface area (Å²) in [5.74, 6) is 1.18. The number of imidazole rings is 1. The number of nitrogens with one attached hydrogen (secondary N) is 1. The lowest BCUT2D eigenvalue weighted by atomic mass is 10.0. The standard InChI is InChI=1S/C26H32N4O2/c1-2-25(31)27-17-9-3-4-16-24-28-21-13-6-8-15-23(21)30(24)19-26(32)29-18-10-12-20-11-5-7-14-22(20)29/h5-8,11,13-15H,2-4,9-10,12,16-19H2,1H3,(H,27,31). The van der Waals surface area contributed by atoms with Gasteiger partial charge in [0.25, 0.3) is 0 Å². The molecule has 0 aliphatic carbocycles. The number of fused-ring (bicyclic) bond motifs is 2. The Balaban J connectivity index is 1.45. The highest BCUT2D eigenvalue weighted by atomic mass is 16.2. The maximum atomic E-state index is 13.4. The van der Waals surface area contributed by atoms with E-state index in [4.69, 9.17) is 4.98 Å². The van der Waals surface area contributed by atoms with Gasteiger partial charge in [0.05, 0.1) is 11.0 Å². The number of hydrogen-bond donors (Lipinski definition) is 1. The fourth-order valence-electron chi connectivity index (χ4n) is 4.44. The van der Waals surface area contributed by atoms with E-state index in [-0.39, 0.29) is 11.8 Å². The molecule has 6 nitrogen and oxygen atoms in total. The summed E-state index contributed by atoms with van der Waals surface area (Å²) in [5, 5.41) is 2.92. The third kappa shape index (κ3) is 5.01. The molecule has 0 bridgehead atoms. The van der Waals surface area contributed by atoms with Gasteiger partial charge in [0.1, 0.15) is 12.4 Å². The third-order valence-electron chi connectivity index (χ3n) is 6.16. The number of amides is 2. The summed E-state index contributed by atoms with van der Waals surface area (Å²) in [4.78, 5) is 31.5. The zero-order valence-electron chi connectivity index (χ0n) is 18.8. The molecular weight excluding hydrogens is 400 g/mol. The molecule has 3 aromatic rings. The van der Waals surface area contributed by atoms with E-state index in [2.05, 4.69) is 22.0 Å². The topological polar surface area (TPSA) is 67.2 Å². The molecule has 4 rings (SSSR count). The Bertz CT molecular complexity index is 1090. The number of unbranched alkanes of at least 4 members (excludes halogenated alkanes) is 2. The van der Waals surface area contributed by atoms with E-state index >= 15 is 0 Å². The van der Waals surface area contributed by atoms with Gasteiger partial charge in [-0.3, -0.25) is 9.59 Å². The summed E-state index contributed by atoms with van der Waals surface area (Å²) >= 11 is 0. The number of rotatable bonds is 9. The van der Waals surface area contributed by atoms with Crippen LogP contribution in [0.3, 0.4) is 0 Å². The number of benzene rings is 2. The lowest BCUT2D eigenvalue weighted by Crippen LogP contribution is -2.38. The molecule has 1 N–H and O–H groups in total. The Morgan fingerprint density at radius 2 is 1.84 bits per heavy atom. The summed E-state index contributed by atoms with van der Waals surface area (Å²) in [6.45, 7) is 3.65. The number of carbonyl (C=O) groups is 2. The van der Waals surface area contributed by atoms with Crippen molar-refractivity contribution in [1.82, 2.24) is 14.9 Å². The fraction of sp³-hybridized carbons (Fsp3) is 0.423. The van der Waals surface area contributed by atoms with Crippen LogP contribution in [-0.4, -0.2) is 34.5 Å². The molecule has 32 heavy (non-hydrogen) atoms. The van der Waals surface area contributed by atoms with Crippen molar-refractivity contribution in [3.63, 3.8) is 0 Å². The van der Waals surface area contributed by atoms with Crippen LogP contribution in [0.1, 0.15) is 50.4 Å². The molecule has 0 fully saturated rings. The largest absolute Gasteiger partial charge is 0.356 e. The van der Waals surface area contributed by atoms with E-state index in [0.717, 1.165) is 74.2 Å². The van der Waals surface area contributed by atoms with Crippen molar-refractivity contribution in [1.29, 1.82) is 0 Å². The maximum Gasteiger partial charge on any atom is 0.246 e. The van der Waals surface area contributed by atoms with Gasteiger partial charge < -0.3 is 14.8 Å². The van der Waals surface area contributed by atoms with Crippen LogP contribution in [0, 0.1) is 0 Å². The monoisotopic (exact) mass is 432 g/mol. The number of nitrogens with zero attached hydrogens (tertiary/aromatic N) is 3. The van der Waals surface area contributed by atoms with Crippen molar-refractivity contribution in [2.75, 3.05) is 18.0 Å². The van der Waals surface area contributed by atoms with Crippen molar-refractivity contribution in [3.8, 4) is 0 Å². The molecule has 1 aromatic heterocycles. The van der Waals surface area contributed by atoms with Crippen LogP contribution < -0.4 is 10.2 Å². The van der Waals surface area contributed by atoms with Crippen molar-refractivity contribution in [2.24, 2.45) is 0 Å². The molecule has 0 unspecified atom stereocenters. The van der Waals surface area contributed by atoms with E-state index in [1.54, 1.807) is 0 Å². The van der Waals surface area contributed by atoms with E-state index in [0.29, 0.717) is 13.0 Å². The lowest BCUT2D eigenvalue weighted by molar-refractivity contribution is -0.121. The minimum atomic E-state index is 0.101. The van der Waals surface area contributed by atoms with Gasteiger partial charge in [0, 0.05) is 31.6 Å². The Kier molecular flexibility index (Phi) is 7.20. The van der Waals surface area contributed by atoms with Gasteiger partial charge in [-0.25, -0.2) is 4.98 Å². The number of aromatic nitrogens is 2. The molecule has 0 atom stereocenters. The van der Waals surface area contributed by atoms with Gasteiger partial charge in [-0.1, -0.05) is 43.7 Å². The lowest BCUT2D eigenvalue weighted by Gasteiger charge is -2.29. The Hall–Kier alpha value is -3.15. The second-order valence-electron chi connectivity index (χ2n) is 8.39. The molecule has 0 saturated heterocycles. The Morgan fingerprint density at radius 3 is 2.72 bits per heavy atom. The molecule has 1 aliphatic rings. The average Bonchev–Trinajstić information content (AvgIpc) is 3.17. The van der Waals surface area contributed by atoms with Crippen molar-refractivity contribution in [3.05, 3.63) is 59.9 Å². The predicted octanol–water partition coefficient (Wildman–Crippen LogP) is 4.25. The van der Waals surface area contributed by atoms with Gasteiger partial charge in [0.15, 0.2) is 0 Å². The van der Waals surface area contributed by atoms with Gasteiger partial charge in [-0.05, 0) is 49.4 Å². The summed E-state index contributed by atoms with van der Waals surface area (Å²) < 4.78 is 2.09. The number of carbonyl (C=O) groups excluding carboxylic acids is 2. The first-order chi connectivity index (χ1) is 15.7. The first kappa shape index (κ1) is 22.1. The summed E-state index contributed by atoms with van der Waals surface area (Å²) in [6, 6.07) is 16.3. The van der Waals surface area contributed by atoms with E-state index < -0.39 is 0 Å². The molecule has 1 aliphatic heterocycles. The van der Waals surface area contributed by atoms with Crippen molar-refractivity contribution >= 4 is 28.5 Å². The molecule has 168 valence electrons. The van der Waals surface area contributed by atoms with Crippen molar-refractivity contribution < 1.29 is 9.59 Å². The van der Waals surface area contributed by atoms with E-state index in [9.17, 15) is 9.59 Å². The van der Waals surface area contributed by atoms with Crippen LogP contribution in [0.2, 0.25) is 0 Å². The van der Waals surface area contributed by atoms with Gasteiger partial charge in [-0.2, -0.15) is 0 Å². The first-order valence-electron chi connectivity index (χ1n) is 11.8. The third-order valence-corrected chi connectivity index (χ3v) is 6.16.